The number of aliphatic hydroxyl groups is 1. The summed E-state index contributed by atoms with van der Waals surface area (Å²) in [6.45, 7) is 1.50. The number of carbonyl (C=O) groups is 3. The van der Waals surface area contributed by atoms with Crippen LogP contribution in [0.15, 0.2) is 28.7 Å². The van der Waals surface area contributed by atoms with E-state index >= 15 is 0 Å². The zero-order valence-corrected chi connectivity index (χ0v) is 19.5. The Hall–Kier alpha value is -2.67. The lowest BCUT2D eigenvalue weighted by Crippen LogP contribution is -2.56. The topological polar surface area (TPSA) is 97.0 Å². The normalized spacial score (nSPS) is 34.1. The minimum absolute atomic E-state index is 0.00422. The number of rotatable bonds is 5. The minimum atomic E-state index is -0.847. The summed E-state index contributed by atoms with van der Waals surface area (Å²) < 4.78 is 11.1. The Morgan fingerprint density at radius 1 is 1.06 bits per heavy atom. The first kappa shape index (κ1) is 21.8. The second-order valence-electron chi connectivity index (χ2n) is 11.1. The monoisotopic (exact) mass is 465 g/mol. The highest BCUT2D eigenvalue weighted by Gasteiger charge is 2.57. The van der Waals surface area contributed by atoms with E-state index in [9.17, 15) is 19.5 Å². The fourth-order valence-electron chi connectivity index (χ4n) is 7.68. The number of benzene rings is 1. The predicted molar refractivity (Wildman–Crippen MR) is 123 cm³/mol. The number of ether oxygens (including phenoxy) is 1. The van der Waals surface area contributed by atoms with Gasteiger partial charge in [0.25, 0.3) is 0 Å². The quantitative estimate of drug-likeness (QED) is 0.535. The number of likely N-dealkylation sites (tertiary alicyclic amines) is 1. The third-order valence-electron chi connectivity index (χ3n) is 8.75. The lowest BCUT2D eigenvalue weighted by molar-refractivity contribution is -0.165. The first-order valence-corrected chi connectivity index (χ1v) is 12.5. The SMILES string of the molecule is Cc1c(C(=O)COC(=O)[C@@H]2CC(O)CN2C(=O)C23CC4CC(CC(C4)C2)C3)oc2ccccc12. The number of fused-ring (bicyclic) bond motifs is 1. The molecule has 0 spiro atoms. The number of hydrogen-bond donors (Lipinski definition) is 1. The van der Waals surface area contributed by atoms with Crippen LogP contribution >= 0.6 is 0 Å². The molecule has 2 atom stereocenters. The summed E-state index contributed by atoms with van der Waals surface area (Å²) in [5.41, 5.74) is 0.936. The van der Waals surface area contributed by atoms with Crippen LogP contribution in [0.3, 0.4) is 0 Å². The molecule has 1 amide bonds. The van der Waals surface area contributed by atoms with Crippen molar-refractivity contribution in [1.29, 1.82) is 0 Å². The van der Waals surface area contributed by atoms with Gasteiger partial charge in [0.2, 0.25) is 11.7 Å². The average Bonchev–Trinajstić information content (AvgIpc) is 3.36. The van der Waals surface area contributed by atoms with E-state index in [0.717, 1.165) is 24.6 Å². The molecule has 2 heterocycles. The minimum Gasteiger partial charge on any atom is -0.456 e. The maximum Gasteiger partial charge on any atom is 0.329 e. The van der Waals surface area contributed by atoms with Crippen molar-refractivity contribution >= 4 is 28.6 Å². The summed E-state index contributed by atoms with van der Waals surface area (Å²) in [5, 5.41) is 11.2. The smallest absolute Gasteiger partial charge is 0.329 e. The molecule has 180 valence electrons. The predicted octanol–water partition coefficient (Wildman–Crippen LogP) is 3.65. The van der Waals surface area contributed by atoms with E-state index in [1.165, 1.54) is 19.3 Å². The Morgan fingerprint density at radius 2 is 1.71 bits per heavy atom. The molecule has 0 radical (unpaired) electrons. The number of aliphatic hydroxyl groups excluding tert-OH is 1. The molecule has 1 aliphatic heterocycles. The number of carbonyl (C=O) groups excluding carboxylic acids is 3. The third-order valence-corrected chi connectivity index (χ3v) is 8.75. The second kappa shape index (κ2) is 7.94. The van der Waals surface area contributed by atoms with Crippen LogP contribution in [0, 0.1) is 30.1 Å². The number of aryl methyl sites for hydroxylation is 1. The maximum atomic E-state index is 13.8. The maximum absolute atomic E-state index is 13.8. The first-order valence-electron chi connectivity index (χ1n) is 12.5. The molecule has 7 rings (SSSR count). The van der Waals surface area contributed by atoms with Crippen LogP contribution in [-0.2, 0) is 14.3 Å². The van der Waals surface area contributed by atoms with Gasteiger partial charge >= 0.3 is 5.97 Å². The van der Waals surface area contributed by atoms with Gasteiger partial charge in [0.1, 0.15) is 11.6 Å². The van der Waals surface area contributed by atoms with Gasteiger partial charge < -0.3 is 19.2 Å². The lowest BCUT2D eigenvalue weighted by Gasteiger charge is -2.56. The molecule has 4 bridgehead atoms. The van der Waals surface area contributed by atoms with Gasteiger partial charge in [0, 0.05) is 23.9 Å². The Morgan fingerprint density at radius 3 is 2.35 bits per heavy atom. The standard InChI is InChI=1S/C27H31NO6/c1-15-20-4-2-3-5-23(20)34-24(15)22(30)14-33-25(31)21-9-19(29)13-28(21)26(32)27-10-16-6-17(11-27)8-18(7-16)12-27/h2-5,16-19,21,29H,6-14H2,1H3/t16?,17?,18?,19?,21-,27?/m0/s1. The summed E-state index contributed by atoms with van der Waals surface area (Å²) in [4.78, 5) is 41.1. The molecule has 1 unspecified atom stereocenters. The summed E-state index contributed by atoms with van der Waals surface area (Å²) >= 11 is 0. The van der Waals surface area contributed by atoms with Crippen LogP contribution in [0.25, 0.3) is 11.0 Å². The Balaban J connectivity index is 1.15. The van der Waals surface area contributed by atoms with E-state index in [4.69, 9.17) is 9.15 Å². The number of amides is 1. The molecule has 7 nitrogen and oxygen atoms in total. The van der Waals surface area contributed by atoms with Gasteiger partial charge in [-0.15, -0.1) is 0 Å². The van der Waals surface area contributed by atoms with Crippen LogP contribution in [0.1, 0.15) is 61.1 Å². The van der Waals surface area contributed by atoms with Crippen LogP contribution in [0.2, 0.25) is 0 Å². The van der Waals surface area contributed by atoms with E-state index < -0.39 is 35.9 Å². The average molecular weight is 466 g/mol. The van der Waals surface area contributed by atoms with Crippen LogP contribution in [0.5, 0.6) is 0 Å². The summed E-state index contributed by atoms with van der Waals surface area (Å²) in [5.74, 6) is 0.969. The van der Waals surface area contributed by atoms with Gasteiger partial charge in [-0.1, -0.05) is 18.2 Å². The molecule has 7 heteroatoms. The number of para-hydroxylation sites is 1. The first-order chi connectivity index (χ1) is 16.3. The highest BCUT2D eigenvalue weighted by molar-refractivity contribution is 6.01. The van der Waals surface area contributed by atoms with E-state index in [-0.39, 0.29) is 24.6 Å². The largest absolute Gasteiger partial charge is 0.456 e. The van der Waals surface area contributed by atoms with Gasteiger partial charge in [-0.05, 0) is 69.3 Å². The second-order valence-corrected chi connectivity index (χ2v) is 11.1. The number of ketones is 1. The molecule has 1 N–H and O–H groups in total. The molecular formula is C27H31NO6. The van der Waals surface area contributed by atoms with Gasteiger partial charge in [0.05, 0.1) is 11.5 Å². The van der Waals surface area contributed by atoms with E-state index in [0.29, 0.717) is 28.9 Å². The van der Waals surface area contributed by atoms with Crippen molar-refractivity contribution in [3.63, 3.8) is 0 Å². The number of esters is 1. The Bertz CT molecular complexity index is 1130. The molecule has 1 saturated heterocycles. The van der Waals surface area contributed by atoms with Crippen molar-refractivity contribution in [1.82, 2.24) is 4.90 Å². The van der Waals surface area contributed by atoms with Crippen LogP contribution in [-0.4, -0.2) is 53.0 Å². The van der Waals surface area contributed by atoms with Gasteiger partial charge in [-0.2, -0.15) is 0 Å². The number of Topliss-reactive ketones (excluding diaryl/α,β-unsaturated/α-hetero) is 1. The fraction of sp³-hybridized carbons (Fsp3) is 0.593. The molecule has 1 aromatic carbocycles. The van der Waals surface area contributed by atoms with Gasteiger partial charge in [-0.3, -0.25) is 9.59 Å². The number of β-amino-alcohol motifs (C(OH)–C–C–N with tert-alkyl or cyclic N) is 1. The van der Waals surface area contributed by atoms with E-state index in [2.05, 4.69) is 0 Å². The number of hydrogen-bond acceptors (Lipinski definition) is 6. The van der Waals surface area contributed by atoms with Crippen LogP contribution < -0.4 is 0 Å². The Labute approximate surface area is 198 Å². The van der Waals surface area contributed by atoms with Gasteiger partial charge in [0.15, 0.2) is 12.4 Å². The zero-order chi connectivity index (χ0) is 23.6. The number of nitrogens with zero attached hydrogens (tertiary/aromatic N) is 1. The molecule has 4 saturated carbocycles. The summed E-state index contributed by atoms with van der Waals surface area (Å²) in [7, 11) is 0. The van der Waals surface area contributed by atoms with Gasteiger partial charge in [-0.25, -0.2) is 4.79 Å². The molecule has 34 heavy (non-hydrogen) atoms. The van der Waals surface area contributed by atoms with Crippen LogP contribution in [0.4, 0.5) is 0 Å². The zero-order valence-electron chi connectivity index (χ0n) is 19.5. The molecular weight excluding hydrogens is 434 g/mol. The Kier molecular flexibility index (Phi) is 5.10. The van der Waals surface area contributed by atoms with E-state index in [1.807, 2.05) is 18.2 Å². The van der Waals surface area contributed by atoms with Crippen molar-refractivity contribution in [3.8, 4) is 0 Å². The molecule has 5 aliphatic rings. The van der Waals surface area contributed by atoms with Crippen molar-refractivity contribution in [3.05, 3.63) is 35.6 Å². The third kappa shape index (κ3) is 3.47. The summed E-state index contributed by atoms with van der Waals surface area (Å²) in [6, 6.07) is 6.53. The highest BCUT2D eigenvalue weighted by atomic mass is 16.5. The molecule has 4 aliphatic carbocycles. The van der Waals surface area contributed by atoms with E-state index in [1.54, 1.807) is 17.9 Å². The van der Waals surface area contributed by atoms with Crippen molar-refractivity contribution in [2.24, 2.45) is 23.2 Å². The highest BCUT2D eigenvalue weighted by Crippen LogP contribution is 2.60. The fourth-order valence-corrected chi connectivity index (χ4v) is 7.68. The molecule has 2 aromatic rings. The number of furan rings is 1. The van der Waals surface area contributed by atoms with Crippen molar-refractivity contribution in [2.45, 2.75) is 64.0 Å². The van der Waals surface area contributed by atoms with Crippen molar-refractivity contribution < 1.29 is 28.6 Å². The molecule has 5 fully saturated rings. The lowest BCUT2D eigenvalue weighted by atomic mass is 9.49. The summed E-state index contributed by atoms with van der Waals surface area (Å²) in [6.07, 6.45) is 5.76. The molecule has 1 aromatic heterocycles. The van der Waals surface area contributed by atoms with Crippen molar-refractivity contribution in [2.75, 3.05) is 13.2 Å².